The van der Waals surface area contributed by atoms with Gasteiger partial charge in [0.2, 0.25) is 0 Å². The predicted octanol–water partition coefficient (Wildman–Crippen LogP) is 16.1. The number of fused-ring (bicyclic) bond motifs is 4. The monoisotopic (exact) mass is 818 g/mol. The first kappa shape index (κ1) is 44.9. The first-order valence-electron chi connectivity index (χ1n) is 21.7. The van der Waals surface area contributed by atoms with Gasteiger partial charge < -0.3 is 11.1 Å². The fourth-order valence-electron chi connectivity index (χ4n) is 8.15. The highest BCUT2D eigenvalue weighted by Gasteiger charge is 2.50. The smallest absolute Gasteiger partial charge is 0.0676 e. The van der Waals surface area contributed by atoms with Crippen molar-refractivity contribution in [3.8, 4) is 0 Å². The molecule has 2 nitrogen and oxygen atoms in total. The van der Waals surface area contributed by atoms with Crippen molar-refractivity contribution in [2.24, 2.45) is 5.73 Å². The van der Waals surface area contributed by atoms with E-state index in [0.29, 0.717) is 0 Å². The Morgan fingerprint density at radius 3 is 2.11 bits per heavy atom. The molecule has 0 aliphatic heterocycles. The van der Waals surface area contributed by atoms with E-state index in [-0.39, 0.29) is 0 Å². The summed E-state index contributed by atoms with van der Waals surface area (Å²) in [7, 11) is 0. The molecule has 1 unspecified atom stereocenters. The summed E-state index contributed by atoms with van der Waals surface area (Å²) < 4.78 is 0. The molecule has 0 aromatic heterocycles. The zero-order valence-electron chi connectivity index (χ0n) is 36.6. The lowest BCUT2D eigenvalue weighted by atomic mass is 9.63. The molecule has 312 valence electrons. The van der Waals surface area contributed by atoms with Crippen molar-refractivity contribution in [3.63, 3.8) is 0 Å². The Morgan fingerprint density at radius 2 is 1.35 bits per heavy atom. The molecule has 3 N–H and O–H groups in total. The van der Waals surface area contributed by atoms with Gasteiger partial charge in [0.05, 0.1) is 5.41 Å². The average molecular weight is 819 g/mol. The lowest BCUT2D eigenvalue weighted by molar-refractivity contribution is 0.688. The van der Waals surface area contributed by atoms with Crippen LogP contribution in [0.15, 0.2) is 285 Å². The summed E-state index contributed by atoms with van der Waals surface area (Å²) in [5, 5.41) is 5.94. The summed E-state index contributed by atoms with van der Waals surface area (Å²) in [6, 6.07) is 32.4. The summed E-state index contributed by atoms with van der Waals surface area (Å²) in [4.78, 5) is 0. The van der Waals surface area contributed by atoms with Crippen molar-refractivity contribution in [2.45, 2.75) is 32.1 Å². The molecule has 4 aromatic rings. The average Bonchev–Trinajstić information content (AvgIpc) is 3.57. The molecule has 63 heavy (non-hydrogen) atoms. The van der Waals surface area contributed by atoms with E-state index in [1.54, 1.807) is 6.08 Å². The van der Waals surface area contributed by atoms with Gasteiger partial charge in [0.25, 0.3) is 0 Å². The Bertz CT molecular complexity index is 2710. The van der Waals surface area contributed by atoms with Crippen molar-refractivity contribution >= 4 is 33.3 Å². The second kappa shape index (κ2) is 23.4. The number of allylic oxidation sites excluding steroid dienone is 31. The van der Waals surface area contributed by atoms with E-state index < -0.39 is 5.41 Å². The molecule has 0 saturated carbocycles. The van der Waals surface area contributed by atoms with Crippen LogP contribution in [-0.4, -0.2) is 0 Å². The van der Waals surface area contributed by atoms with Gasteiger partial charge in [0.15, 0.2) is 0 Å². The number of nitrogens with one attached hydrogen (secondary N) is 1. The predicted molar refractivity (Wildman–Crippen MR) is 278 cm³/mol. The van der Waals surface area contributed by atoms with Crippen LogP contribution in [0.3, 0.4) is 0 Å². The summed E-state index contributed by atoms with van der Waals surface area (Å²) in [5.74, 6) is 0. The molecule has 0 radical (unpaired) electrons. The third-order valence-electron chi connectivity index (χ3n) is 11.0. The van der Waals surface area contributed by atoms with Gasteiger partial charge >= 0.3 is 0 Å². The molecule has 0 bridgehead atoms. The third kappa shape index (κ3) is 11.2. The van der Waals surface area contributed by atoms with Crippen molar-refractivity contribution in [1.82, 2.24) is 0 Å². The maximum absolute atomic E-state index is 5.05. The van der Waals surface area contributed by atoms with Gasteiger partial charge in [-0.1, -0.05) is 214 Å². The number of rotatable bonds is 12. The molecule has 0 fully saturated rings. The fraction of sp³-hybridized carbons (Fsp3) is 0.0820. The van der Waals surface area contributed by atoms with E-state index in [4.69, 9.17) is 12.3 Å². The minimum Gasteiger partial charge on any atom is -0.405 e. The molecule has 2 heteroatoms. The summed E-state index contributed by atoms with van der Waals surface area (Å²) in [6.45, 7) is 12.8. The quantitative estimate of drug-likeness (QED) is 0.140. The van der Waals surface area contributed by atoms with Crippen LogP contribution in [0.2, 0.25) is 0 Å². The molecule has 0 amide bonds. The fourth-order valence-corrected chi connectivity index (χ4v) is 8.15. The van der Waals surface area contributed by atoms with E-state index in [1.165, 1.54) is 50.4 Å². The minimum absolute atomic E-state index is 0.609. The van der Waals surface area contributed by atoms with Gasteiger partial charge in [-0.05, 0) is 136 Å². The molecule has 1 atom stereocenters. The molecule has 3 aliphatic rings. The Kier molecular flexibility index (Phi) is 16.6. The van der Waals surface area contributed by atoms with Crippen LogP contribution < -0.4 is 11.1 Å². The van der Waals surface area contributed by atoms with Crippen molar-refractivity contribution in [1.29, 1.82) is 0 Å². The molecule has 7 rings (SSSR count). The highest BCUT2D eigenvalue weighted by molar-refractivity contribution is 6.00. The summed E-state index contributed by atoms with van der Waals surface area (Å²) >= 11 is 0. The lowest BCUT2D eigenvalue weighted by Crippen LogP contribution is -2.31. The number of hydrogen-bond acceptors (Lipinski definition) is 2. The van der Waals surface area contributed by atoms with Gasteiger partial charge in [-0.2, -0.15) is 0 Å². The first-order valence-corrected chi connectivity index (χ1v) is 21.7. The number of para-hydroxylation sites is 1. The van der Waals surface area contributed by atoms with E-state index >= 15 is 0 Å². The topological polar surface area (TPSA) is 38.0 Å². The van der Waals surface area contributed by atoms with Crippen molar-refractivity contribution in [3.05, 3.63) is 301 Å². The van der Waals surface area contributed by atoms with Crippen LogP contribution in [0.5, 0.6) is 0 Å². The molecule has 4 aromatic carbocycles. The van der Waals surface area contributed by atoms with E-state index in [2.05, 4.69) is 188 Å². The SMILES string of the molecule is C/C=C/C=C\C=C/N.C=C/C=C\C=C/C1=C(C2(C(=C)/C=C\C=C/C)C3=C/C=C/C=C(c4ccc(Nc5ccccc5)cc4)\C=C/C=C/C=C\3c3cc4ccccc4cc32)CCC=C1. The third-order valence-corrected chi connectivity index (χ3v) is 11.0. The molecule has 3 aliphatic carbocycles. The Morgan fingerprint density at radius 1 is 0.667 bits per heavy atom. The van der Waals surface area contributed by atoms with Crippen molar-refractivity contribution in [2.75, 3.05) is 5.32 Å². The van der Waals surface area contributed by atoms with Crippen LogP contribution in [0, 0.1) is 0 Å². The lowest BCUT2D eigenvalue weighted by Gasteiger charge is -2.38. The zero-order chi connectivity index (χ0) is 44.1. The summed E-state index contributed by atoms with van der Waals surface area (Å²) in [5.41, 5.74) is 17.4. The van der Waals surface area contributed by atoms with Gasteiger partial charge in [0, 0.05) is 11.4 Å². The highest BCUT2D eigenvalue weighted by atomic mass is 14.9. The molecular weight excluding hydrogens is 761 g/mol. The van der Waals surface area contributed by atoms with Crippen LogP contribution in [-0.2, 0) is 5.41 Å². The summed E-state index contributed by atoms with van der Waals surface area (Å²) in [6.07, 6.45) is 55.9. The highest BCUT2D eigenvalue weighted by Crippen LogP contribution is 2.60. The standard InChI is InChI=1S/C54H47N.C7H11N/c1-4-6-8-12-26-44-27-20-21-33-51(44)54(41(3)23-11-7-5-2)52-34-22-19-25-42(43-35-37-48(38-36-43)55-47-30-14-10-15-31-47)24-13-9-16-32-49(52)50-39-45-28-17-18-29-46(45)40-53(50)54;1-2-3-4-5-6-7-8/h4-20,22-32,34-40,55H,1,3,21,33H2,2H3;2-7H,8H2,1H3/b7-5-,8-6-,13-9?,16-9+,22-19+,23-11-,24-13-,25-19?,26-12-,32-16?,34-22?,42-24?,42-25+,49-32-,52-34+;3-2+,5-4-,7-6-. The number of hydrogen-bond donors (Lipinski definition) is 2. The second-order valence-electron chi connectivity index (χ2n) is 15.0. The maximum Gasteiger partial charge on any atom is 0.0676 e. The number of anilines is 2. The van der Waals surface area contributed by atoms with Gasteiger partial charge in [0.1, 0.15) is 0 Å². The Hall–Kier alpha value is -7.68. The Balaban J connectivity index is 0.000000753. The molecule has 0 heterocycles. The second-order valence-corrected chi connectivity index (χ2v) is 15.0. The molecule has 0 spiro atoms. The van der Waals surface area contributed by atoms with E-state index in [9.17, 15) is 0 Å². The minimum atomic E-state index is -0.609. The van der Waals surface area contributed by atoms with E-state index in [0.717, 1.165) is 40.9 Å². The molecular formula is C61H58N2. The number of nitrogens with two attached hydrogens (primary N) is 1. The maximum atomic E-state index is 5.05. The van der Waals surface area contributed by atoms with Gasteiger partial charge in [-0.15, -0.1) is 0 Å². The normalized spacial score (nSPS) is 21.7. The van der Waals surface area contributed by atoms with Crippen LogP contribution >= 0.6 is 0 Å². The van der Waals surface area contributed by atoms with Gasteiger partial charge in [-0.3, -0.25) is 0 Å². The first-order chi connectivity index (χ1) is 31.0. The van der Waals surface area contributed by atoms with Crippen LogP contribution in [0.25, 0.3) is 21.9 Å². The van der Waals surface area contributed by atoms with Gasteiger partial charge in [-0.25, -0.2) is 0 Å². The van der Waals surface area contributed by atoms with Crippen LogP contribution in [0.4, 0.5) is 11.4 Å². The Labute approximate surface area is 376 Å². The number of benzene rings is 4. The van der Waals surface area contributed by atoms with Crippen LogP contribution in [0.1, 0.15) is 43.4 Å². The van der Waals surface area contributed by atoms with Crippen molar-refractivity contribution < 1.29 is 0 Å². The zero-order valence-corrected chi connectivity index (χ0v) is 36.6. The van der Waals surface area contributed by atoms with E-state index in [1.807, 2.05) is 74.6 Å². The largest absolute Gasteiger partial charge is 0.405 e. The molecule has 0 saturated heterocycles.